The molecule has 0 saturated heterocycles. The number of amides is 1. The van der Waals surface area contributed by atoms with E-state index in [1.807, 2.05) is 13.8 Å². The van der Waals surface area contributed by atoms with Crippen molar-refractivity contribution in [3.8, 4) is 0 Å². The molecule has 0 unspecified atom stereocenters. The molecule has 0 fully saturated rings. The molecule has 9 nitrogen and oxygen atoms in total. The number of carbonyl (C=O) groups is 1. The second-order valence-electron chi connectivity index (χ2n) is 6.47. The second kappa shape index (κ2) is 9.04. The standard InChI is InChI=1S/C18H20F2N8O/c1-11(2)25-17(29)10-28-9-12(5-24-28)26-18-22-4-3-16(27-18)23-6-13-14(19)7-21-8-15(13)20/h3-5,7-9,11H,6,10H2,1-2H3,(H,25,29)(H2,22,23,26,27). The van der Waals surface area contributed by atoms with Crippen molar-refractivity contribution < 1.29 is 13.6 Å². The maximum absolute atomic E-state index is 13.7. The molecule has 11 heteroatoms. The molecule has 0 spiro atoms. The van der Waals surface area contributed by atoms with Crippen LogP contribution < -0.4 is 16.0 Å². The van der Waals surface area contributed by atoms with Gasteiger partial charge in [-0.3, -0.25) is 14.5 Å². The Labute approximate surface area is 165 Å². The van der Waals surface area contributed by atoms with E-state index < -0.39 is 11.6 Å². The van der Waals surface area contributed by atoms with Crippen molar-refractivity contribution in [3.05, 3.63) is 54.2 Å². The van der Waals surface area contributed by atoms with Crippen LogP contribution in [0.2, 0.25) is 0 Å². The lowest BCUT2D eigenvalue weighted by Crippen LogP contribution is -2.33. The molecule has 3 rings (SSSR count). The normalized spacial score (nSPS) is 10.8. The molecule has 3 heterocycles. The summed E-state index contributed by atoms with van der Waals surface area (Å²) in [5.41, 5.74) is 0.458. The van der Waals surface area contributed by atoms with E-state index in [9.17, 15) is 13.6 Å². The van der Waals surface area contributed by atoms with Crippen molar-refractivity contribution in [3.63, 3.8) is 0 Å². The second-order valence-corrected chi connectivity index (χ2v) is 6.47. The largest absolute Gasteiger partial charge is 0.366 e. The van der Waals surface area contributed by atoms with Crippen molar-refractivity contribution in [2.45, 2.75) is 33.0 Å². The summed E-state index contributed by atoms with van der Waals surface area (Å²) in [5.74, 6) is -0.982. The van der Waals surface area contributed by atoms with Crippen LogP contribution in [0.5, 0.6) is 0 Å². The number of nitrogens with one attached hydrogen (secondary N) is 3. The molecular weight excluding hydrogens is 382 g/mol. The van der Waals surface area contributed by atoms with Crippen LogP contribution in [0.1, 0.15) is 19.4 Å². The summed E-state index contributed by atoms with van der Waals surface area (Å²) in [6.07, 6.45) is 6.58. The number of carbonyl (C=O) groups excluding carboxylic acids is 1. The van der Waals surface area contributed by atoms with E-state index in [1.54, 1.807) is 12.3 Å². The van der Waals surface area contributed by atoms with Crippen LogP contribution in [-0.4, -0.2) is 36.7 Å². The van der Waals surface area contributed by atoms with Crippen molar-refractivity contribution in [2.75, 3.05) is 10.6 Å². The number of hydrogen-bond donors (Lipinski definition) is 3. The number of rotatable bonds is 8. The first kappa shape index (κ1) is 20.1. The van der Waals surface area contributed by atoms with E-state index in [2.05, 4.69) is 36.0 Å². The first-order valence-electron chi connectivity index (χ1n) is 8.84. The number of nitrogens with zero attached hydrogens (tertiary/aromatic N) is 5. The smallest absolute Gasteiger partial charge is 0.241 e. The lowest BCUT2D eigenvalue weighted by Gasteiger charge is -2.09. The Morgan fingerprint density at radius 2 is 1.97 bits per heavy atom. The number of anilines is 3. The van der Waals surface area contributed by atoms with Crippen LogP contribution in [0.25, 0.3) is 0 Å². The van der Waals surface area contributed by atoms with Gasteiger partial charge in [-0.2, -0.15) is 10.1 Å². The Hall–Kier alpha value is -3.63. The zero-order chi connectivity index (χ0) is 20.8. The summed E-state index contributed by atoms with van der Waals surface area (Å²) >= 11 is 0. The summed E-state index contributed by atoms with van der Waals surface area (Å²) < 4.78 is 28.8. The fraction of sp³-hybridized carbons (Fsp3) is 0.278. The quantitative estimate of drug-likeness (QED) is 0.530. The highest BCUT2D eigenvalue weighted by Gasteiger charge is 2.10. The molecule has 1 amide bonds. The highest BCUT2D eigenvalue weighted by Crippen LogP contribution is 2.15. The summed E-state index contributed by atoms with van der Waals surface area (Å²) in [6.45, 7) is 3.75. The lowest BCUT2D eigenvalue weighted by atomic mass is 10.2. The Kier molecular flexibility index (Phi) is 6.27. The summed E-state index contributed by atoms with van der Waals surface area (Å²) in [5, 5.41) is 12.7. The zero-order valence-electron chi connectivity index (χ0n) is 15.9. The average Bonchev–Trinajstić information content (AvgIpc) is 3.07. The third kappa shape index (κ3) is 5.67. The number of halogens is 2. The van der Waals surface area contributed by atoms with Crippen molar-refractivity contribution in [1.82, 2.24) is 30.0 Å². The highest BCUT2D eigenvalue weighted by molar-refractivity contribution is 5.76. The van der Waals surface area contributed by atoms with E-state index in [-0.39, 0.29) is 36.6 Å². The zero-order valence-corrected chi connectivity index (χ0v) is 15.9. The highest BCUT2D eigenvalue weighted by atomic mass is 19.1. The first-order chi connectivity index (χ1) is 13.9. The van der Waals surface area contributed by atoms with Crippen LogP contribution in [-0.2, 0) is 17.9 Å². The number of pyridine rings is 1. The fourth-order valence-electron chi connectivity index (χ4n) is 2.46. The van der Waals surface area contributed by atoms with Gasteiger partial charge in [0.1, 0.15) is 24.0 Å². The van der Waals surface area contributed by atoms with Crippen molar-refractivity contribution in [2.24, 2.45) is 0 Å². The maximum atomic E-state index is 13.7. The predicted molar refractivity (Wildman–Crippen MR) is 102 cm³/mol. The summed E-state index contributed by atoms with van der Waals surface area (Å²) in [4.78, 5) is 23.6. The molecule has 3 N–H and O–H groups in total. The summed E-state index contributed by atoms with van der Waals surface area (Å²) in [6, 6.07) is 1.62. The van der Waals surface area contributed by atoms with Crippen LogP contribution in [0.3, 0.4) is 0 Å². The van der Waals surface area contributed by atoms with E-state index in [0.717, 1.165) is 12.4 Å². The molecule has 3 aromatic rings. The third-order valence-corrected chi connectivity index (χ3v) is 3.70. The molecule has 0 aliphatic heterocycles. The van der Waals surface area contributed by atoms with Gasteiger partial charge in [0.2, 0.25) is 11.9 Å². The molecule has 0 aliphatic rings. The molecule has 152 valence electrons. The van der Waals surface area contributed by atoms with Gasteiger partial charge < -0.3 is 16.0 Å². The van der Waals surface area contributed by atoms with Crippen LogP contribution in [0.4, 0.5) is 26.2 Å². The van der Waals surface area contributed by atoms with Crippen LogP contribution in [0, 0.1) is 11.6 Å². The SMILES string of the molecule is CC(C)NC(=O)Cn1cc(Nc2nccc(NCc3c(F)cncc3F)n2)cn1. The predicted octanol–water partition coefficient (Wildman–Crippen LogP) is 2.23. The van der Waals surface area contributed by atoms with Gasteiger partial charge in [0, 0.05) is 30.5 Å². The molecule has 3 aromatic heterocycles. The van der Waals surface area contributed by atoms with E-state index in [4.69, 9.17) is 0 Å². The van der Waals surface area contributed by atoms with Gasteiger partial charge in [0.05, 0.1) is 24.3 Å². The minimum absolute atomic E-state index is 0.0494. The Morgan fingerprint density at radius 1 is 1.21 bits per heavy atom. The fourth-order valence-corrected chi connectivity index (χ4v) is 2.46. The van der Waals surface area contributed by atoms with Gasteiger partial charge in [0.15, 0.2) is 0 Å². The molecule has 0 aromatic carbocycles. The van der Waals surface area contributed by atoms with E-state index in [1.165, 1.54) is 17.1 Å². The summed E-state index contributed by atoms with van der Waals surface area (Å²) in [7, 11) is 0. The molecular formula is C18H20F2N8O. The van der Waals surface area contributed by atoms with E-state index >= 15 is 0 Å². The molecule has 0 bridgehead atoms. The number of aromatic nitrogens is 5. The Balaban J connectivity index is 1.61. The molecule has 0 atom stereocenters. The first-order valence-corrected chi connectivity index (χ1v) is 8.84. The minimum atomic E-state index is -0.737. The van der Waals surface area contributed by atoms with Crippen molar-refractivity contribution >= 4 is 23.4 Å². The van der Waals surface area contributed by atoms with Gasteiger partial charge in [-0.05, 0) is 19.9 Å². The van der Waals surface area contributed by atoms with Crippen molar-refractivity contribution in [1.29, 1.82) is 0 Å². The van der Waals surface area contributed by atoms with Crippen LogP contribution >= 0.6 is 0 Å². The van der Waals surface area contributed by atoms with Gasteiger partial charge in [0.25, 0.3) is 0 Å². The molecule has 0 radical (unpaired) electrons. The van der Waals surface area contributed by atoms with Gasteiger partial charge in [-0.25, -0.2) is 13.8 Å². The minimum Gasteiger partial charge on any atom is -0.366 e. The Morgan fingerprint density at radius 3 is 2.69 bits per heavy atom. The lowest BCUT2D eigenvalue weighted by molar-refractivity contribution is -0.122. The Bertz CT molecular complexity index is 971. The van der Waals surface area contributed by atoms with Crippen LogP contribution in [0.15, 0.2) is 37.1 Å². The average molecular weight is 402 g/mol. The molecule has 29 heavy (non-hydrogen) atoms. The third-order valence-electron chi connectivity index (χ3n) is 3.70. The number of hydrogen-bond acceptors (Lipinski definition) is 7. The van der Waals surface area contributed by atoms with Gasteiger partial charge in [-0.1, -0.05) is 0 Å². The monoisotopic (exact) mass is 402 g/mol. The van der Waals surface area contributed by atoms with Gasteiger partial charge >= 0.3 is 0 Å². The molecule has 0 aliphatic carbocycles. The van der Waals surface area contributed by atoms with E-state index in [0.29, 0.717) is 11.5 Å². The topological polar surface area (TPSA) is 110 Å². The molecule has 0 saturated carbocycles. The van der Waals surface area contributed by atoms with Gasteiger partial charge in [-0.15, -0.1) is 0 Å². The maximum Gasteiger partial charge on any atom is 0.241 e.